The minimum Gasteiger partial charge on any atom is -0.345 e. The van der Waals surface area contributed by atoms with E-state index in [4.69, 9.17) is 5.73 Å². The minimum atomic E-state index is -0.345. The lowest BCUT2D eigenvalue weighted by Gasteiger charge is -2.15. The van der Waals surface area contributed by atoms with Gasteiger partial charge in [0.05, 0.1) is 0 Å². The van der Waals surface area contributed by atoms with E-state index in [1.54, 1.807) is 32.3 Å². The van der Waals surface area contributed by atoms with Crippen LogP contribution < -0.4 is 11.1 Å². The van der Waals surface area contributed by atoms with Crippen molar-refractivity contribution in [1.82, 2.24) is 4.90 Å². The maximum absolute atomic E-state index is 12.2. The van der Waals surface area contributed by atoms with Gasteiger partial charge in [0.25, 0.3) is 5.91 Å². The van der Waals surface area contributed by atoms with Crippen molar-refractivity contribution in [1.29, 1.82) is 0 Å². The first-order chi connectivity index (χ1) is 11.4. The standard InChI is InChI=1S/C19H23N3O2/c1-13-11-15(9-10-16(13)19(24)22(2)3)21-18(23)12-17(20)14-7-5-4-6-8-14/h4-11,17H,12,20H2,1-3H3,(H,21,23). The van der Waals surface area contributed by atoms with Crippen molar-refractivity contribution in [2.75, 3.05) is 19.4 Å². The third kappa shape index (κ3) is 4.43. The molecule has 0 fully saturated rings. The average Bonchev–Trinajstić information content (AvgIpc) is 2.55. The van der Waals surface area contributed by atoms with Gasteiger partial charge >= 0.3 is 0 Å². The van der Waals surface area contributed by atoms with Crippen LogP contribution in [-0.4, -0.2) is 30.8 Å². The Hall–Kier alpha value is -2.66. The van der Waals surface area contributed by atoms with Crippen LogP contribution >= 0.6 is 0 Å². The SMILES string of the molecule is Cc1cc(NC(=O)CC(N)c2ccccc2)ccc1C(=O)N(C)C. The quantitative estimate of drug-likeness (QED) is 0.887. The van der Waals surface area contributed by atoms with Gasteiger partial charge in [0.15, 0.2) is 0 Å². The molecule has 0 saturated heterocycles. The summed E-state index contributed by atoms with van der Waals surface area (Å²) < 4.78 is 0. The van der Waals surface area contributed by atoms with Crippen molar-refractivity contribution in [2.24, 2.45) is 5.73 Å². The molecular formula is C19H23N3O2. The molecule has 2 aromatic rings. The predicted octanol–water partition coefficient (Wildman–Crippen LogP) is 2.73. The van der Waals surface area contributed by atoms with E-state index >= 15 is 0 Å². The van der Waals surface area contributed by atoms with E-state index in [-0.39, 0.29) is 24.3 Å². The second kappa shape index (κ2) is 7.75. The first-order valence-electron chi connectivity index (χ1n) is 7.81. The Morgan fingerprint density at radius 1 is 1.12 bits per heavy atom. The van der Waals surface area contributed by atoms with Crippen LogP contribution in [0.3, 0.4) is 0 Å². The molecule has 126 valence electrons. The summed E-state index contributed by atoms with van der Waals surface area (Å²) in [6.07, 6.45) is 0.196. The molecule has 2 aromatic carbocycles. The largest absolute Gasteiger partial charge is 0.345 e. The van der Waals surface area contributed by atoms with Gasteiger partial charge in [-0.2, -0.15) is 0 Å². The van der Waals surface area contributed by atoms with Crippen molar-refractivity contribution >= 4 is 17.5 Å². The molecule has 0 aromatic heterocycles. The lowest BCUT2D eigenvalue weighted by molar-refractivity contribution is -0.116. The van der Waals surface area contributed by atoms with Crippen molar-refractivity contribution in [3.8, 4) is 0 Å². The number of hydrogen-bond acceptors (Lipinski definition) is 3. The van der Waals surface area contributed by atoms with Crippen LogP contribution in [0.1, 0.15) is 33.9 Å². The highest BCUT2D eigenvalue weighted by atomic mass is 16.2. The van der Waals surface area contributed by atoms with E-state index in [9.17, 15) is 9.59 Å². The van der Waals surface area contributed by atoms with E-state index in [0.717, 1.165) is 11.1 Å². The molecule has 0 heterocycles. The molecule has 0 aliphatic carbocycles. The number of carbonyl (C=O) groups excluding carboxylic acids is 2. The molecular weight excluding hydrogens is 302 g/mol. The Bertz CT molecular complexity index is 727. The summed E-state index contributed by atoms with van der Waals surface area (Å²) >= 11 is 0. The number of anilines is 1. The molecule has 1 atom stereocenters. The van der Waals surface area contributed by atoms with E-state index in [0.29, 0.717) is 11.3 Å². The lowest BCUT2D eigenvalue weighted by atomic mass is 10.0. The highest BCUT2D eigenvalue weighted by Crippen LogP contribution is 2.18. The van der Waals surface area contributed by atoms with Gasteiger partial charge < -0.3 is 16.0 Å². The number of hydrogen-bond donors (Lipinski definition) is 2. The van der Waals surface area contributed by atoms with E-state index in [1.165, 1.54) is 4.90 Å². The lowest BCUT2D eigenvalue weighted by Crippen LogP contribution is -2.23. The molecule has 3 N–H and O–H groups in total. The van der Waals surface area contributed by atoms with Crippen LogP contribution in [0.15, 0.2) is 48.5 Å². The zero-order valence-electron chi connectivity index (χ0n) is 14.2. The number of rotatable bonds is 5. The number of amides is 2. The third-order valence-corrected chi connectivity index (χ3v) is 3.78. The van der Waals surface area contributed by atoms with Gasteiger partial charge in [-0.05, 0) is 36.2 Å². The first kappa shape index (κ1) is 17.7. The molecule has 0 bridgehead atoms. The maximum Gasteiger partial charge on any atom is 0.253 e. The summed E-state index contributed by atoms with van der Waals surface area (Å²) in [6.45, 7) is 1.85. The van der Waals surface area contributed by atoms with Crippen LogP contribution in [0.4, 0.5) is 5.69 Å². The Kier molecular flexibility index (Phi) is 5.71. The van der Waals surface area contributed by atoms with Crippen molar-refractivity contribution < 1.29 is 9.59 Å². The third-order valence-electron chi connectivity index (χ3n) is 3.78. The smallest absolute Gasteiger partial charge is 0.253 e. The fourth-order valence-electron chi connectivity index (χ4n) is 2.45. The zero-order chi connectivity index (χ0) is 17.7. The van der Waals surface area contributed by atoms with Crippen LogP contribution in [-0.2, 0) is 4.79 Å². The minimum absolute atomic E-state index is 0.0588. The Balaban J connectivity index is 2.02. The number of aryl methyl sites for hydroxylation is 1. The first-order valence-corrected chi connectivity index (χ1v) is 7.81. The molecule has 24 heavy (non-hydrogen) atoms. The number of nitrogens with two attached hydrogens (primary N) is 1. The molecule has 0 saturated carbocycles. The van der Waals surface area contributed by atoms with E-state index < -0.39 is 0 Å². The summed E-state index contributed by atoms with van der Waals surface area (Å²) in [6, 6.07) is 14.4. The molecule has 2 amide bonds. The van der Waals surface area contributed by atoms with Gasteiger partial charge in [-0.25, -0.2) is 0 Å². The molecule has 2 rings (SSSR count). The van der Waals surface area contributed by atoms with Gasteiger partial charge in [-0.1, -0.05) is 30.3 Å². The summed E-state index contributed by atoms with van der Waals surface area (Å²) in [4.78, 5) is 25.7. The summed E-state index contributed by atoms with van der Waals surface area (Å²) in [7, 11) is 3.42. The van der Waals surface area contributed by atoms with Crippen molar-refractivity contribution in [3.63, 3.8) is 0 Å². The summed E-state index contributed by atoms with van der Waals surface area (Å²) in [5.41, 5.74) is 9.09. The van der Waals surface area contributed by atoms with Gasteiger partial charge in [-0.15, -0.1) is 0 Å². The van der Waals surface area contributed by atoms with Crippen molar-refractivity contribution in [2.45, 2.75) is 19.4 Å². The molecule has 0 radical (unpaired) electrons. The van der Waals surface area contributed by atoms with Crippen LogP contribution in [0, 0.1) is 6.92 Å². The molecule has 0 aliphatic rings. The highest BCUT2D eigenvalue weighted by molar-refractivity contribution is 5.97. The van der Waals surface area contributed by atoms with Gasteiger partial charge in [-0.3, -0.25) is 9.59 Å². The summed E-state index contributed by atoms with van der Waals surface area (Å²) in [5.74, 6) is -0.214. The summed E-state index contributed by atoms with van der Waals surface area (Å²) in [5, 5.41) is 2.83. The molecule has 5 heteroatoms. The molecule has 1 unspecified atom stereocenters. The van der Waals surface area contributed by atoms with Crippen molar-refractivity contribution in [3.05, 3.63) is 65.2 Å². The van der Waals surface area contributed by atoms with Gasteiger partial charge in [0, 0.05) is 37.8 Å². The number of carbonyl (C=O) groups is 2. The predicted molar refractivity (Wildman–Crippen MR) is 95.8 cm³/mol. The fourth-order valence-corrected chi connectivity index (χ4v) is 2.45. The van der Waals surface area contributed by atoms with Crippen LogP contribution in [0.2, 0.25) is 0 Å². The normalized spacial score (nSPS) is 11.7. The fraction of sp³-hybridized carbons (Fsp3) is 0.263. The topological polar surface area (TPSA) is 75.4 Å². The second-order valence-electron chi connectivity index (χ2n) is 6.00. The maximum atomic E-state index is 12.2. The van der Waals surface area contributed by atoms with Gasteiger partial charge in [0.2, 0.25) is 5.91 Å². The Labute approximate surface area is 142 Å². The molecule has 5 nitrogen and oxygen atoms in total. The molecule has 0 spiro atoms. The molecule has 0 aliphatic heterocycles. The van der Waals surface area contributed by atoms with E-state index in [2.05, 4.69) is 5.32 Å². The number of nitrogens with one attached hydrogen (secondary N) is 1. The number of nitrogens with zero attached hydrogens (tertiary/aromatic N) is 1. The average molecular weight is 325 g/mol. The van der Waals surface area contributed by atoms with Crippen LogP contribution in [0.5, 0.6) is 0 Å². The van der Waals surface area contributed by atoms with E-state index in [1.807, 2.05) is 37.3 Å². The number of benzene rings is 2. The monoisotopic (exact) mass is 325 g/mol. The Morgan fingerprint density at radius 2 is 1.79 bits per heavy atom. The second-order valence-corrected chi connectivity index (χ2v) is 6.00. The van der Waals surface area contributed by atoms with Gasteiger partial charge in [0.1, 0.15) is 0 Å². The zero-order valence-corrected chi connectivity index (χ0v) is 14.2. The van der Waals surface area contributed by atoms with Crippen LogP contribution in [0.25, 0.3) is 0 Å². The Morgan fingerprint density at radius 3 is 2.38 bits per heavy atom. The highest BCUT2D eigenvalue weighted by Gasteiger charge is 2.14.